The Balaban J connectivity index is 2.57. The molecular weight excluding hydrogens is 288 g/mol. The molecule has 0 saturated carbocycles. The first-order valence-corrected chi connectivity index (χ1v) is 6.48. The van der Waals surface area contributed by atoms with Crippen LogP contribution in [0.1, 0.15) is 26.2 Å². The molecule has 1 atom stereocenters. The Bertz CT molecular complexity index is 567. The molecule has 2 rings (SSSR count). The van der Waals surface area contributed by atoms with E-state index in [-0.39, 0.29) is 16.8 Å². The summed E-state index contributed by atoms with van der Waals surface area (Å²) in [5.74, 6) is -1.04. The normalized spacial score (nSPS) is 22.0. The second-order valence-electron chi connectivity index (χ2n) is 4.55. The number of anilines is 1. The molecule has 9 heteroatoms. The smallest absolute Gasteiger partial charge is 0.329 e. The van der Waals surface area contributed by atoms with E-state index in [1.807, 2.05) is 0 Å². The highest BCUT2D eigenvalue weighted by Gasteiger charge is 2.48. The molecule has 0 amide bonds. The van der Waals surface area contributed by atoms with Crippen LogP contribution in [0.5, 0.6) is 0 Å². The Morgan fingerprint density at radius 3 is 2.95 bits per heavy atom. The van der Waals surface area contributed by atoms with Crippen molar-refractivity contribution in [3.63, 3.8) is 0 Å². The lowest BCUT2D eigenvalue weighted by Crippen LogP contribution is -2.50. The Hall–Kier alpha value is -1.96. The number of carbonyl (C=O) groups is 1. The van der Waals surface area contributed by atoms with Crippen LogP contribution >= 0.6 is 11.6 Å². The summed E-state index contributed by atoms with van der Waals surface area (Å²) in [5, 5.41) is 20.4. The number of nitro groups is 1. The van der Waals surface area contributed by atoms with Crippen molar-refractivity contribution in [3.8, 4) is 0 Å². The number of hydrogen-bond donors (Lipinski definition) is 1. The molecule has 8 nitrogen and oxygen atoms in total. The zero-order valence-electron chi connectivity index (χ0n) is 10.7. The molecule has 108 valence electrons. The second kappa shape index (κ2) is 5.20. The topological polar surface area (TPSA) is 109 Å². The fourth-order valence-electron chi connectivity index (χ4n) is 2.60. The van der Waals surface area contributed by atoms with Crippen LogP contribution in [-0.2, 0) is 4.79 Å². The number of nitrogens with zero attached hydrogens (tertiary/aromatic N) is 4. The Morgan fingerprint density at radius 1 is 1.70 bits per heavy atom. The van der Waals surface area contributed by atoms with E-state index >= 15 is 0 Å². The predicted molar refractivity (Wildman–Crippen MR) is 70.9 cm³/mol. The summed E-state index contributed by atoms with van der Waals surface area (Å²) in [4.78, 5) is 31.0. The first kappa shape index (κ1) is 14.4. The molecule has 20 heavy (non-hydrogen) atoms. The highest BCUT2D eigenvalue weighted by Crippen LogP contribution is 2.39. The van der Waals surface area contributed by atoms with Crippen LogP contribution in [0.25, 0.3) is 0 Å². The van der Waals surface area contributed by atoms with E-state index < -0.39 is 16.4 Å². The van der Waals surface area contributed by atoms with Gasteiger partial charge in [-0.3, -0.25) is 10.1 Å². The van der Waals surface area contributed by atoms with Crippen molar-refractivity contribution >= 4 is 29.1 Å². The molecule has 1 N–H and O–H groups in total. The minimum atomic E-state index is -1.18. The van der Waals surface area contributed by atoms with Crippen LogP contribution < -0.4 is 4.90 Å². The summed E-state index contributed by atoms with van der Waals surface area (Å²) >= 11 is 5.70. The number of aliphatic carboxylic acids is 1. The van der Waals surface area contributed by atoms with Crippen molar-refractivity contribution in [3.05, 3.63) is 21.6 Å². The van der Waals surface area contributed by atoms with Crippen LogP contribution in [0.3, 0.4) is 0 Å². The third-order valence-corrected chi connectivity index (χ3v) is 3.83. The van der Waals surface area contributed by atoms with Crippen LogP contribution in [0, 0.1) is 10.1 Å². The van der Waals surface area contributed by atoms with Crippen LogP contribution in [0.15, 0.2) is 6.20 Å². The maximum Gasteiger partial charge on any atom is 0.329 e. The van der Waals surface area contributed by atoms with Crippen molar-refractivity contribution in [2.45, 2.75) is 31.7 Å². The average Bonchev–Trinajstić information content (AvgIpc) is 2.83. The molecule has 0 spiro atoms. The van der Waals surface area contributed by atoms with Gasteiger partial charge in [-0.1, -0.05) is 6.92 Å². The Kier molecular flexibility index (Phi) is 3.76. The third-order valence-electron chi connectivity index (χ3n) is 3.64. The van der Waals surface area contributed by atoms with Crippen molar-refractivity contribution in [2.24, 2.45) is 0 Å². The van der Waals surface area contributed by atoms with Crippen LogP contribution in [-0.4, -0.2) is 38.1 Å². The van der Waals surface area contributed by atoms with Crippen LogP contribution in [0.4, 0.5) is 11.5 Å². The second-order valence-corrected chi connectivity index (χ2v) is 4.89. The number of halogens is 1. The summed E-state index contributed by atoms with van der Waals surface area (Å²) in [6.07, 6.45) is 2.36. The molecule has 1 fully saturated rings. The van der Waals surface area contributed by atoms with E-state index in [0.29, 0.717) is 25.8 Å². The lowest BCUT2D eigenvalue weighted by molar-refractivity contribution is -0.384. The quantitative estimate of drug-likeness (QED) is 0.513. The largest absolute Gasteiger partial charge is 0.479 e. The minimum absolute atomic E-state index is 0.0308. The lowest BCUT2D eigenvalue weighted by atomic mass is 9.93. The van der Waals surface area contributed by atoms with Gasteiger partial charge in [0.05, 0.1) is 4.92 Å². The summed E-state index contributed by atoms with van der Waals surface area (Å²) in [6.45, 7) is 2.12. The number of rotatable bonds is 4. The number of carboxylic acid groups (broad SMARTS) is 1. The molecule has 1 aliphatic rings. The van der Waals surface area contributed by atoms with Gasteiger partial charge in [0.2, 0.25) is 11.1 Å². The maximum absolute atomic E-state index is 11.6. The summed E-state index contributed by atoms with van der Waals surface area (Å²) in [5.41, 5.74) is -1.52. The van der Waals surface area contributed by atoms with Crippen molar-refractivity contribution < 1.29 is 14.8 Å². The molecular formula is C11H13ClN4O4. The van der Waals surface area contributed by atoms with Gasteiger partial charge in [0.25, 0.3) is 0 Å². The molecule has 0 aliphatic carbocycles. The Labute approximate surface area is 119 Å². The summed E-state index contributed by atoms with van der Waals surface area (Å²) in [7, 11) is 0. The molecule has 1 aromatic rings. The van der Waals surface area contributed by atoms with Gasteiger partial charge in [-0.25, -0.2) is 9.78 Å². The van der Waals surface area contributed by atoms with E-state index in [4.69, 9.17) is 11.6 Å². The highest BCUT2D eigenvalue weighted by molar-refractivity contribution is 6.28. The van der Waals surface area contributed by atoms with E-state index in [9.17, 15) is 20.0 Å². The molecule has 0 aromatic carbocycles. The highest BCUT2D eigenvalue weighted by atomic mass is 35.5. The van der Waals surface area contributed by atoms with Crippen molar-refractivity contribution in [1.82, 2.24) is 9.97 Å². The number of aromatic nitrogens is 2. The lowest BCUT2D eigenvalue weighted by Gasteiger charge is -2.34. The predicted octanol–water partition coefficient (Wildman–Crippen LogP) is 1.87. The maximum atomic E-state index is 11.6. The monoisotopic (exact) mass is 300 g/mol. The molecule has 2 heterocycles. The molecule has 1 saturated heterocycles. The number of carboxylic acids is 1. The van der Waals surface area contributed by atoms with Gasteiger partial charge >= 0.3 is 11.7 Å². The minimum Gasteiger partial charge on any atom is -0.479 e. The first-order chi connectivity index (χ1) is 9.42. The molecule has 0 bridgehead atoms. The summed E-state index contributed by atoms with van der Waals surface area (Å²) in [6, 6.07) is 0. The third kappa shape index (κ3) is 2.15. The molecule has 0 radical (unpaired) electrons. The Morgan fingerprint density at radius 2 is 2.40 bits per heavy atom. The standard InChI is InChI=1S/C11H13ClN4O4/c1-2-11(9(17)18)4-3-5-15(11)8-7(16(19)20)6-13-10(12)14-8/h6H,2-5H2,1H3,(H,17,18). The molecule has 1 aromatic heterocycles. The van der Waals surface area contributed by atoms with Gasteiger partial charge in [0, 0.05) is 6.54 Å². The first-order valence-electron chi connectivity index (χ1n) is 6.10. The van der Waals surface area contributed by atoms with Gasteiger partial charge in [-0.05, 0) is 30.9 Å². The summed E-state index contributed by atoms with van der Waals surface area (Å²) < 4.78 is 0. The van der Waals surface area contributed by atoms with Crippen LogP contribution in [0.2, 0.25) is 5.28 Å². The zero-order chi connectivity index (χ0) is 14.9. The fourth-order valence-corrected chi connectivity index (χ4v) is 2.73. The van der Waals surface area contributed by atoms with E-state index in [2.05, 4.69) is 9.97 Å². The number of hydrogen-bond acceptors (Lipinski definition) is 6. The molecule has 1 aliphatic heterocycles. The van der Waals surface area contributed by atoms with Gasteiger partial charge < -0.3 is 10.0 Å². The average molecular weight is 301 g/mol. The van der Waals surface area contributed by atoms with Gasteiger partial charge in [-0.15, -0.1) is 0 Å². The SMILES string of the molecule is CCC1(C(=O)O)CCCN1c1nc(Cl)ncc1[N+](=O)[O-]. The molecule has 1 unspecified atom stereocenters. The van der Waals surface area contributed by atoms with Gasteiger partial charge in [0.15, 0.2) is 0 Å². The van der Waals surface area contributed by atoms with Gasteiger partial charge in [-0.2, -0.15) is 4.98 Å². The van der Waals surface area contributed by atoms with Crippen molar-refractivity contribution in [1.29, 1.82) is 0 Å². The van der Waals surface area contributed by atoms with E-state index in [1.54, 1.807) is 6.92 Å². The van der Waals surface area contributed by atoms with E-state index in [0.717, 1.165) is 6.20 Å². The zero-order valence-corrected chi connectivity index (χ0v) is 11.5. The fraction of sp³-hybridized carbons (Fsp3) is 0.545. The van der Waals surface area contributed by atoms with Gasteiger partial charge in [0.1, 0.15) is 11.7 Å². The van der Waals surface area contributed by atoms with E-state index in [1.165, 1.54) is 4.90 Å². The van der Waals surface area contributed by atoms with Crippen molar-refractivity contribution in [2.75, 3.05) is 11.4 Å².